The number of aromatic nitrogens is 1. The van der Waals surface area contributed by atoms with Crippen molar-refractivity contribution in [2.24, 2.45) is 0 Å². The second-order valence-corrected chi connectivity index (χ2v) is 5.75. The topological polar surface area (TPSA) is 79.7 Å². The minimum atomic E-state index is -3.25. The molecule has 0 radical (unpaired) electrons. The van der Waals surface area contributed by atoms with Crippen molar-refractivity contribution in [2.75, 3.05) is 13.2 Å². The van der Waals surface area contributed by atoms with E-state index in [1.54, 1.807) is 20.0 Å². The summed E-state index contributed by atoms with van der Waals surface area (Å²) < 4.78 is 23.5. The molecule has 0 fully saturated rings. The molecular weight excluding hydrogens is 265 g/mol. The Morgan fingerprint density at radius 3 is 2.37 bits per heavy atom. The van der Waals surface area contributed by atoms with E-state index in [2.05, 4.69) is 4.98 Å². The van der Waals surface area contributed by atoms with Crippen LogP contribution in [0.3, 0.4) is 0 Å². The van der Waals surface area contributed by atoms with Crippen LogP contribution in [0.15, 0.2) is 36.7 Å². The number of benzene rings is 1. The van der Waals surface area contributed by atoms with Crippen LogP contribution in [-0.2, 0) is 13.6 Å². The number of rotatable bonds is 5. The molecular formula is C13H18NO4P. The highest BCUT2D eigenvalue weighted by Gasteiger charge is 2.30. The van der Waals surface area contributed by atoms with Gasteiger partial charge < -0.3 is 14.5 Å². The first-order valence-corrected chi connectivity index (χ1v) is 7.54. The summed E-state index contributed by atoms with van der Waals surface area (Å²) in [7, 11) is -3.25. The van der Waals surface area contributed by atoms with E-state index in [0.717, 1.165) is 10.8 Å². The Balaban J connectivity index is 0.00000180. The standard InChI is InChI=1S/C13H16NO3P.H2O/c1-3-16-18(15,17-4-2)13-10-14-9-11-7-5-6-8-12(11)13;/h5-10H,3-4H2,1-2H3;1H2. The molecule has 2 N–H and O–H groups in total. The quantitative estimate of drug-likeness (QED) is 0.789. The Morgan fingerprint density at radius 1 is 1.11 bits per heavy atom. The average Bonchev–Trinajstić information content (AvgIpc) is 2.38. The predicted molar refractivity (Wildman–Crippen MR) is 72.9 cm³/mol. The summed E-state index contributed by atoms with van der Waals surface area (Å²) in [5.74, 6) is 0. The highest BCUT2D eigenvalue weighted by Crippen LogP contribution is 2.47. The summed E-state index contributed by atoms with van der Waals surface area (Å²) in [4.78, 5) is 2.99. The second kappa shape index (κ2) is 6.78. The molecule has 19 heavy (non-hydrogen) atoms. The maximum absolute atomic E-state index is 12.8. The van der Waals surface area contributed by atoms with E-state index in [1.807, 2.05) is 30.5 Å². The molecule has 1 heterocycles. The number of hydrogen-bond acceptors (Lipinski definition) is 4. The summed E-state index contributed by atoms with van der Waals surface area (Å²) in [5.41, 5.74) is 0. The lowest BCUT2D eigenvalue weighted by Crippen LogP contribution is -2.18. The van der Waals surface area contributed by atoms with Crippen molar-refractivity contribution < 1.29 is 24.1 Å². The monoisotopic (exact) mass is 283 g/mol. The molecule has 0 spiro atoms. The third-order valence-electron chi connectivity index (χ3n) is 2.59. The van der Waals surface area contributed by atoms with Crippen LogP contribution < -0.4 is 10.3 Å². The fourth-order valence-corrected chi connectivity index (χ4v) is 3.65. The fourth-order valence-electron chi connectivity index (χ4n) is 1.89. The van der Waals surface area contributed by atoms with Crippen molar-refractivity contribution in [3.63, 3.8) is 0 Å². The number of H-pyrrole nitrogens is 1. The Morgan fingerprint density at radius 2 is 1.74 bits per heavy atom. The molecule has 0 atom stereocenters. The molecule has 5 nitrogen and oxygen atoms in total. The first-order valence-electron chi connectivity index (χ1n) is 5.99. The molecule has 0 aliphatic heterocycles. The van der Waals surface area contributed by atoms with E-state index >= 15 is 0 Å². The van der Waals surface area contributed by atoms with Gasteiger partial charge in [0.2, 0.25) is 0 Å². The molecule has 0 unspecified atom stereocenters. The number of pyridine rings is 1. The van der Waals surface area contributed by atoms with Crippen LogP contribution in [0.1, 0.15) is 13.8 Å². The van der Waals surface area contributed by atoms with Crippen LogP contribution in [-0.4, -0.2) is 18.7 Å². The van der Waals surface area contributed by atoms with Gasteiger partial charge in [0.25, 0.3) is 0 Å². The normalized spacial score (nSPS) is 11.3. The van der Waals surface area contributed by atoms with Crippen molar-refractivity contribution in [3.8, 4) is 0 Å². The van der Waals surface area contributed by atoms with E-state index < -0.39 is 7.60 Å². The van der Waals surface area contributed by atoms with Crippen LogP contribution in [0.5, 0.6) is 0 Å². The summed E-state index contributed by atoms with van der Waals surface area (Å²) in [6.07, 6.45) is 3.55. The lowest BCUT2D eigenvalue weighted by Gasteiger charge is -2.16. The summed E-state index contributed by atoms with van der Waals surface area (Å²) >= 11 is 0. The first-order chi connectivity index (χ1) is 8.71. The summed E-state index contributed by atoms with van der Waals surface area (Å²) in [6.45, 7) is 4.31. The van der Waals surface area contributed by atoms with Crippen LogP contribution in [0.25, 0.3) is 10.8 Å². The van der Waals surface area contributed by atoms with Gasteiger partial charge in [0, 0.05) is 10.8 Å². The number of nitrogens with one attached hydrogen (secondary N) is 1. The Kier molecular flexibility index (Phi) is 5.63. The van der Waals surface area contributed by atoms with Gasteiger partial charge >= 0.3 is 7.60 Å². The van der Waals surface area contributed by atoms with E-state index in [-0.39, 0.29) is 5.48 Å². The van der Waals surface area contributed by atoms with E-state index in [4.69, 9.17) is 9.05 Å². The minimum Gasteiger partial charge on any atom is -0.870 e. The molecule has 0 saturated carbocycles. The van der Waals surface area contributed by atoms with Gasteiger partial charge in [-0.1, -0.05) is 18.2 Å². The van der Waals surface area contributed by atoms with Gasteiger partial charge in [-0.2, -0.15) is 0 Å². The fraction of sp³-hybridized carbons (Fsp3) is 0.308. The van der Waals surface area contributed by atoms with Crippen molar-refractivity contribution in [1.82, 2.24) is 0 Å². The summed E-state index contributed by atoms with van der Waals surface area (Å²) in [6, 6.07) is 7.72. The van der Waals surface area contributed by atoms with Gasteiger partial charge in [0.15, 0.2) is 12.4 Å². The molecule has 0 aliphatic carbocycles. The van der Waals surface area contributed by atoms with Crippen LogP contribution in [0.2, 0.25) is 0 Å². The Bertz CT molecular complexity index is 572. The molecule has 0 aliphatic rings. The van der Waals surface area contributed by atoms with Crippen molar-refractivity contribution in [2.45, 2.75) is 13.8 Å². The lowest BCUT2D eigenvalue weighted by atomic mass is 10.2. The molecule has 1 aromatic carbocycles. The maximum atomic E-state index is 12.8. The zero-order valence-corrected chi connectivity index (χ0v) is 11.9. The zero-order chi connectivity index (χ0) is 13.0. The Hall–Kier alpha value is -1.26. The van der Waals surface area contributed by atoms with Crippen molar-refractivity contribution in [1.29, 1.82) is 0 Å². The van der Waals surface area contributed by atoms with Gasteiger partial charge in [-0.25, -0.2) is 4.98 Å². The van der Waals surface area contributed by atoms with Crippen LogP contribution in [0.4, 0.5) is 0 Å². The first kappa shape index (κ1) is 15.8. The molecule has 0 saturated heterocycles. The number of fused-ring (bicyclic) bond motifs is 1. The van der Waals surface area contributed by atoms with Crippen molar-refractivity contribution in [3.05, 3.63) is 36.7 Å². The molecule has 104 valence electrons. The molecule has 2 rings (SSSR count). The molecule has 6 heteroatoms. The Labute approximate surface area is 112 Å². The van der Waals surface area contributed by atoms with Crippen LogP contribution >= 0.6 is 7.60 Å². The van der Waals surface area contributed by atoms with E-state index in [1.165, 1.54) is 0 Å². The zero-order valence-electron chi connectivity index (χ0n) is 11.0. The van der Waals surface area contributed by atoms with Gasteiger partial charge in [-0.15, -0.1) is 0 Å². The third-order valence-corrected chi connectivity index (χ3v) is 4.75. The summed E-state index contributed by atoms with van der Waals surface area (Å²) in [5, 5.41) is 2.46. The number of hydrogen-bond donors (Lipinski definition) is 0. The van der Waals surface area contributed by atoms with E-state index in [9.17, 15) is 4.57 Å². The molecule has 0 amide bonds. The SMILES string of the molecule is CCOP(=O)(OCC)c1c[nH+]cc2ccccc12.[OH-]. The predicted octanol–water partition coefficient (Wildman–Crippen LogP) is 2.37. The number of aromatic amines is 1. The maximum Gasteiger partial charge on any atom is 0.367 e. The van der Waals surface area contributed by atoms with Gasteiger partial charge in [0.05, 0.1) is 13.2 Å². The average molecular weight is 283 g/mol. The van der Waals surface area contributed by atoms with Crippen LogP contribution in [0, 0.1) is 0 Å². The molecule has 0 bridgehead atoms. The lowest BCUT2D eigenvalue weighted by molar-refractivity contribution is -0.374. The third kappa shape index (κ3) is 3.19. The van der Waals surface area contributed by atoms with Gasteiger partial charge in [-0.05, 0) is 19.9 Å². The minimum absolute atomic E-state index is 0. The highest BCUT2D eigenvalue weighted by molar-refractivity contribution is 7.62. The largest absolute Gasteiger partial charge is 0.870 e. The van der Waals surface area contributed by atoms with Gasteiger partial charge in [-0.3, -0.25) is 4.57 Å². The van der Waals surface area contributed by atoms with Gasteiger partial charge in [0.1, 0.15) is 5.30 Å². The molecule has 2 aromatic rings. The second-order valence-electron chi connectivity index (χ2n) is 3.76. The highest BCUT2D eigenvalue weighted by atomic mass is 31.2. The molecule has 1 aromatic heterocycles. The van der Waals surface area contributed by atoms with Crippen molar-refractivity contribution >= 4 is 23.7 Å². The van der Waals surface area contributed by atoms with E-state index in [0.29, 0.717) is 18.5 Å². The smallest absolute Gasteiger partial charge is 0.367 e.